The van der Waals surface area contributed by atoms with Crippen molar-refractivity contribution in [3.05, 3.63) is 102 Å². The molecule has 0 aliphatic carbocycles. The molecule has 5 aromatic rings. The number of amides is 3. The van der Waals surface area contributed by atoms with Gasteiger partial charge in [-0.05, 0) is 73.4 Å². The van der Waals surface area contributed by atoms with Gasteiger partial charge in [0.15, 0.2) is 11.5 Å². The lowest BCUT2D eigenvalue weighted by atomic mass is 9.98. The van der Waals surface area contributed by atoms with Gasteiger partial charge >= 0.3 is 0 Å². The first-order chi connectivity index (χ1) is 24.5. The van der Waals surface area contributed by atoms with Crippen molar-refractivity contribution in [2.75, 3.05) is 46.5 Å². The maximum Gasteiger partial charge on any atom is 0.270 e. The number of aromatic amines is 1. The highest BCUT2D eigenvalue weighted by molar-refractivity contribution is 5.98. The van der Waals surface area contributed by atoms with Gasteiger partial charge in [-0.1, -0.05) is 18.2 Å². The van der Waals surface area contributed by atoms with E-state index in [0.717, 1.165) is 22.0 Å². The van der Waals surface area contributed by atoms with Crippen LogP contribution in [0.5, 0.6) is 17.2 Å². The van der Waals surface area contributed by atoms with Crippen LogP contribution in [-0.4, -0.2) is 89.2 Å². The highest BCUT2D eigenvalue weighted by atomic mass is 16.5. The zero-order chi connectivity index (χ0) is 34.5. The van der Waals surface area contributed by atoms with E-state index < -0.39 is 0 Å². The Morgan fingerprint density at radius 3 is 2.56 bits per heavy atom. The van der Waals surface area contributed by atoms with Crippen LogP contribution in [-0.2, 0) is 6.54 Å². The van der Waals surface area contributed by atoms with Crippen LogP contribution in [0.3, 0.4) is 0 Å². The predicted molar refractivity (Wildman–Crippen MR) is 187 cm³/mol. The van der Waals surface area contributed by atoms with E-state index in [0.29, 0.717) is 91.7 Å². The molecule has 0 saturated heterocycles. The van der Waals surface area contributed by atoms with Gasteiger partial charge in [0.05, 0.1) is 38.2 Å². The number of nitrogens with one attached hydrogen (secondary N) is 2. The average Bonchev–Trinajstić information content (AvgIpc) is 3.47. The summed E-state index contributed by atoms with van der Waals surface area (Å²) in [5.74, 6) is 1.17. The summed E-state index contributed by atoms with van der Waals surface area (Å²) in [5.41, 5.74) is 4.56. The molecule has 4 heterocycles. The van der Waals surface area contributed by atoms with Crippen LogP contribution in [0.2, 0.25) is 0 Å². The molecule has 0 spiro atoms. The zero-order valence-corrected chi connectivity index (χ0v) is 27.8. The Labute approximate surface area is 289 Å². The van der Waals surface area contributed by atoms with E-state index in [9.17, 15) is 14.4 Å². The number of rotatable bonds is 3. The summed E-state index contributed by atoms with van der Waals surface area (Å²) in [6, 6.07) is 20.5. The number of hydrogen-bond acceptors (Lipinski definition) is 8. The largest absolute Gasteiger partial charge is 0.496 e. The molecule has 0 unspecified atom stereocenters. The number of carbonyl (C=O) groups excluding carboxylic acids is 3. The SMILES string of the molecule is COc1ccc2cc1-c1cc3c(c(c1)OCCCN(C(=O)c1ccnnc1)CCCCNC2=O)OCCN(C(=O)c1cc2ccccc2[nH]1)C3. The molecule has 2 aromatic heterocycles. The van der Waals surface area contributed by atoms with Crippen molar-refractivity contribution in [2.45, 2.75) is 25.8 Å². The fourth-order valence-corrected chi connectivity index (χ4v) is 6.44. The molecule has 7 rings (SSSR count). The lowest BCUT2D eigenvalue weighted by molar-refractivity contribution is 0.0726. The summed E-state index contributed by atoms with van der Waals surface area (Å²) in [5, 5.41) is 11.6. The van der Waals surface area contributed by atoms with Crippen LogP contribution in [0, 0.1) is 0 Å². The Kier molecular flexibility index (Phi) is 9.59. The molecular weight excluding hydrogens is 636 g/mol. The maximum absolute atomic E-state index is 13.8. The third kappa shape index (κ3) is 6.95. The lowest BCUT2D eigenvalue weighted by Crippen LogP contribution is -2.34. The quantitative estimate of drug-likeness (QED) is 0.270. The van der Waals surface area contributed by atoms with Crippen LogP contribution < -0.4 is 19.5 Å². The fraction of sp³-hybridized carbons (Fsp3) is 0.289. The number of carbonyl (C=O) groups is 3. The molecule has 12 heteroatoms. The molecule has 2 aliphatic heterocycles. The minimum atomic E-state index is -0.210. The van der Waals surface area contributed by atoms with E-state index >= 15 is 0 Å². The number of ether oxygens (including phenoxy) is 3. The standard InChI is InChI=1S/C38H38N6O6/c1-48-33-10-9-26-20-30(33)28-19-29-24-44(38(47)32-21-25-7-2-3-8-31(25)42-32)16-18-50-35(29)34(22-28)49-17-6-15-43(14-5-4-12-39-36(26)45)37(46)27-11-13-40-41-23-27/h2-3,7-11,13,19-23,42H,4-6,12,14-18,24H2,1H3,(H,39,45). The molecule has 50 heavy (non-hydrogen) atoms. The van der Waals surface area contributed by atoms with Crippen molar-refractivity contribution in [3.63, 3.8) is 0 Å². The molecule has 3 amide bonds. The molecule has 4 bridgehead atoms. The molecule has 256 valence electrons. The zero-order valence-electron chi connectivity index (χ0n) is 27.8. The number of para-hydroxylation sites is 1. The first-order valence-electron chi connectivity index (χ1n) is 16.8. The topological polar surface area (TPSA) is 139 Å². The van der Waals surface area contributed by atoms with Crippen LogP contribution in [0.25, 0.3) is 22.0 Å². The van der Waals surface area contributed by atoms with E-state index in [1.807, 2.05) is 48.5 Å². The first-order valence-corrected chi connectivity index (χ1v) is 16.8. The first kappa shape index (κ1) is 32.6. The molecule has 2 aliphatic rings. The van der Waals surface area contributed by atoms with E-state index in [2.05, 4.69) is 20.5 Å². The second-order valence-electron chi connectivity index (χ2n) is 12.3. The third-order valence-electron chi connectivity index (χ3n) is 9.01. The molecular formula is C38H38N6O6. The number of H-pyrrole nitrogens is 1. The van der Waals surface area contributed by atoms with Crippen molar-refractivity contribution < 1.29 is 28.6 Å². The van der Waals surface area contributed by atoms with Gasteiger partial charge in [0, 0.05) is 53.8 Å². The van der Waals surface area contributed by atoms with Crippen molar-refractivity contribution in [2.24, 2.45) is 0 Å². The molecule has 3 aromatic carbocycles. The smallest absolute Gasteiger partial charge is 0.270 e. The van der Waals surface area contributed by atoms with Crippen LogP contribution in [0.4, 0.5) is 0 Å². The van der Waals surface area contributed by atoms with Gasteiger partial charge in [-0.25, -0.2) is 0 Å². The fourth-order valence-electron chi connectivity index (χ4n) is 6.44. The van der Waals surface area contributed by atoms with Crippen molar-refractivity contribution in [1.82, 2.24) is 30.3 Å². The Hall–Kier alpha value is -5.91. The number of hydrogen-bond donors (Lipinski definition) is 2. The second-order valence-corrected chi connectivity index (χ2v) is 12.3. The Morgan fingerprint density at radius 1 is 0.840 bits per heavy atom. The molecule has 0 fully saturated rings. The van der Waals surface area contributed by atoms with Gasteiger partial charge in [0.2, 0.25) is 0 Å². The van der Waals surface area contributed by atoms with Gasteiger partial charge in [-0.2, -0.15) is 10.2 Å². The summed E-state index contributed by atoms with van der Waals surface area (Å²) < 4.78 is 18.5. The highest BCUT2D eigenvalue weighted by Crippen LogP contribution is 2.41. The highest BCUT2D eigenvalue weighted by Gasteiger charge is 2.27. The van der Waals surface area contributed by atoms with E-state index in [4.69, 9.17) is 14.2 Å². The number of fused-ring (bicyclic) bond motifs is 8. The normalized spacial score (nSPS) is 15.5. The summed E-state index contributed by atoms with van der Waals surface area (Å²) in [6.07, 6.45) is 4.93. The van der Waals surface area contributed by atoms with Crippen molar-refractivity contribution in [1.29, 1.82) is 0 Å². The van der Waals surface area contributed by atoms with Gasteiger partial charge < -0.3 is 34.3 Å². The second kappa shape index (κ2) is 14.7. The van der Waals surface area contributed by atoms with Crippen molar-refractivity contribution in [3.8, 4) is 28.4 Å². The Balaban J connectivity index is 1.23. The Morgan fingerprint density at radius 2 is 1.72 bits per heavy atom. The number of nitrogens with zero attached hydrogens (tertiary/aromatic N) is 4. The molecule has 0 saturated carbocycles. The van der Waals surface area contributed by atoms with Gasteiger partial charge in [0.25, 0.3) is 17.7 Å². The monoisotopic (exact) mass is 674 g/mol. The Bertz CT molecular complexity index is 2000. The summed E-state index contributed by atoms with van der Waals surface area (Å²) in [4.78, 5) is 47.3. The van der Waals surface area contributed by atoms with Crippen LogP contribution >= 0.6 is 0 Å². The average molecular weight is 675 g/mol. The molecule has 12 nitrogen and oxygen atoms in total. The summed E-state index contributed by atoms with van der Waals surface area (Å²) in [7, 11) is 1.59. The summed E-state index contributed by atoms with van der Waals surface area (Å²) >= 11 is 0. The van der Waals surface area contributed by atoms with Crippen molar-refractivity contribution >= 4 is 28.6 Å². The van der Waals surface area contributed by atoms with E-state index in [1.54, 1.807) is 35.1 Å². The minimum absolute atomic E-state index is 0.135. The molecule has 0 radical (unpaired) electrons. The van der Waals surface area contributed by atoms with Crippen LogP contribution in [0.1, 0.15) is 56.0 Å². The van der Waals surface area contributed by atoms with Gasteiger partial charge in [-0.15, -0.1) is 0 Å². The van der Waals surface area contributed by atoms with Gasteiger partial charge in [0.1, 0.15) is 18.1 Å². The third-order valence-corrected chi connectivity index (χ3v) is 9.01. The predicted octanol–water partition coefficient (Wildman–Crippen LogP) is 5.10. The minimum Gasteiger partial charge on any atom is -0.496 e. The number of benzene rings is 3. The van der Waals surface area contributed by atoms with Gasteiger partial charge in [-0.3, -0.25) is 14.4 Å². The van der Waals surface area contributed by atoms with E-state index in [-0.39, 0.29) is 30.9 Å². The van der Waals surface area contributed by atoms with E-state index in [1.165, 1.54) is 12.4 Å². The number of aromatic nitrogens is 3. The number of methoxy groups -OCH3 is 1. The molecule has 0 atom stereocenters. The maximum atomic E-state index is 13.8. The van der Waals surface area contributed by atoms with Crippen LogP contribution in [0.15, 0.2) is 79.1 Å². The molecule has 2 N–H and O–H groups in total. The lowest BCUT2D eigenvalue weighted by Gasteiger charge is -2.23. The summed E-state index contributed by atoms with van der Waals surface area (Å²) in [6.45, 7) is 2.66.